The number of nitrogens with zero attached hydrogens (tertiary/aromatic N) is 4. The molecule has 1 aliphatic rings. The van der Waals surface area contributed by atoms with E-state index < -0.39 is 0 Å². The summed E-state index contributed by atoms with van der Waals surface area (Å²) < 4.78 is 12.6. The predicted octanol–water partition coefficient (Wildman–Crippen LogP) is 4.54. The number of nitrogens with one attached hydrogen (secondary N) is 1. The molecule has 32 heavy (non-hydrogen) atoms. The van der Waals surface area contributed by atoms with E-state index in [1.54, 1.807) is 18.1 Å². The first-order valence-corrected chi connectivity index (χ1v) is 10.4. The van der Waals surface area contributed by atoms with Gasteiger partial charge in [0, 0.05) is 41.9 Å². The van der Waals surface area contributed by atoms with Gasteiger partial charge in [-0.3, -0.25) is 4.79 Å². The van der Waals surface area contributed by atoms with Crippen LogP contribution in [0.4, 0.5) is 11.5 Å². The molecule has 1 aromatic carbocycles. The second kappa shape index (κ2) is 7.96. The molecule has 4 aromatic rings. The molecule has 3 heterocycles. The summed E-state index contributed by atoms with van der Waals surface area (Å²) in [7, 11) is 1.62. The van der Waals surface area contributed by atoms with Gasteiger partial charge < -0.3 is 14.5 Å². The van der Waals surface area contributed by atoms with Gasteiger partial charge in [-0.05, 0) is 44.2 Å². The average molecular weight is 429 g/mol. The summed E-state index contributed by atoms with van der Waals surface area (Å²) in [4.78, 5) is 22.5. The first-order valence-electron chi connectivity index (χ1n) is 10.4. The average Bonchev–Trinajstić information content (AvgIpc) is 3.42. The van der Waals surface area contributed by atoms with Gasteiger partial charge in [-0.25, -0.2) is 14.6 Å². The summed E-state index contributed by atoms with van der Waals surface area (Å²) >= 11 is 0. The van der Waals surface area contributed by atoms with Crippen molar-refractivity contribution in [2.45, 2.75) is 32.6 Å². The van der Waals surface area contributed by atoms with Crippen LogP contribution in [0.2, 0.25) is 0 Å². The van der Waals surface area contributed by atoms with Gasteiger partial charge in [0.15, 0.2) is 11.6 Å². The van der Waals surface area contributed by atoms with Crippen molar-refractivity contribution < 1.29 is 13.9 Å². The topological polar surface area (TPSA) is 95.1 Å². The number of rotatable bonds is 5. The molecular weight excluding hydrogens is 406 g/mol. The number of carbonyl (C=O) groups is 1. The maximum atomic E-state index is 13.3. The molecule has 8 nitrogen and oxygen atoms in total. The normalized spacial score (nSPS) is 15.5. The Morgan fingerprint density at radius 3 is 2.62 bits per heavy atom. The molecule has 0 fully saturated rings. The number of aryl methyl sites for hydroxylation is 2. The van der Waals surface area contributed by atoms with E-state index in [-0.39, 0.29) is 11.7 Å². The summed E-state index contributed by atoms with van der Waals surface area (Å²) in [6, 6.07) is 13.2. The lowest BCUT2D eigenvalue weighted by atomic mass is 9.85. The fraction of sp³-hybridized carbons (Fsp3) is 0.250. The SMILES string of the molecule is COc1cccc(Nc2nn(-c3nc(C)cc(C)n3)c3c2C(=O)CC(c2ccco2)C3)c1. The van der Waals surface area contributed by atoms with Gasteiger partial charge in [0.05, 0.1) is 24.6 Å². The Kier molecular flexibility index (Phi) is 4.97. The molecule has 0 spiro atoms. The number of anilines is 2. The Morgan fingerprint density at radius 1 is 1.09 bits per heavy atom. The van der Waals surface area contributed by atoms with Crippen LogP contribution in [0.5, 0.6) is 5.75 Å². The van der Waals surface area contributed by atoms with E-state index in [9.17, 15) is 4.79 Å². The monoisotopic (exact) mass is 429 g/mol. The molecule has 1 unspecified atom stereocenters. The van der Waals surface area contributed by atoms with Crippen LogP contribution in [0.15, 0.2) is 53.1 Å². The molecule has 0 radical (unpaired) electrons. The number of hydrogen-bond donors (Lipinski definition) is 1. The Balaban J connectivity index is 1.63. The highest BCUT2D eigenvalue weighted by atomic mass is 16.5. The minimum Gasteiger partial charge on any atom is -0.497 e. The zero-order valence-electron chi connectivity index (χ0n) is 18.1. The zero-order chi connectivity index (χ0) is 22.2. The van der Waals surface area contributed by atoms with Crippen molar-refractivity contribution >= 4 is 17.3 Å². The highest BCUT2D eigenvalue weighted by molar-refractivity contribution is 6.03. The molecule has 0 saturated heterocycles. The lowest BCUT2D eigenvalue weighted by Gasteiger charge is -2.21. The van der Waals surface area contributed by atoms with Gasteiger partial charge in [0.2, 0.25) is 0 Å². The van der Waals surface area contributed by atoms with E-state index in [4.69, 9.17) is 14.3 Å². The molecule has 0 amide bonds. The van der Waals surface area contributed by atoms with Crippen molar-refractivity contribution in [2.24, 2.45) is 0 Å². The van der Waals surface area contributed by atoms with Gasteiger partial charge >= 0.3 is 0 Å². The number of aromatic nitrogens is 4. The van der Waals surface area contributed by atoms with Crippen molar-refractivity contribution in [1.29, 1.82) is 0 Å². The Bertz CT molecular complexity index is 1270. The molecular formula is C24H23N5O3. The second-order valence-corrected chi connectivity index (χ2v) is 7.93. The third-order valence-corrected chi connectivity index (χ3v) is 5.57. The number of ketones is 1. The molecule has 0 aliphatic heterocycles. The number of fused-ring (bicyclic) bond motifs is 1. The second-order valence-electron chi connectivity index (χ2n) is 7.93. The lowest BCUT2D eigenvalue weighted by molar-refractivity contribution is 0.0960. The van der Waals surface area contributed by atoms with Crippen LogP contribution >= 0.6 is 0 Å². The largest absolute Gasteiger partial charge is 0.497 e. The number of carbonyl (C=O) groups excluding carboxylic acids is 1. The van der Waals surface area contributed by atoms with Crippen LogP contribution in [0, 0.1) is 13.8 Å². The van der Waals surface area contributed by atoms with Crippen LogP contribution in [0.1, 0.15) is 45.5 Å². The summed E-state index contributed by atoms with van der Waals surface area (Å²) in [5, 5.41) is 8.04. The molecule has 1 N–H and O–H groups in total. The number of furan rings is 1. The molecule has 0 bridgehead atoms. The van der Waals surface area contributed by atoms with Gasteiger partial charge in [0.1, 0.15) is 11.5 Å². The van der Waals surface area contributed by atoms with Crippen LogP contribution < -0.4 is 10.1 Å². The van der Waals surface area contributed by atoms with Gasteiger partial charge in [0.25, 0.3) is 5.95 Å². The lowest BCUT2D eigenvalue weighted by Crippen LogP contribution is -2.21. The summed E-state index contributed by atoms with van der Waals surface area (Å²) in [5.74, 6) is 2.39. The van der Waals surface area contributed by atoms with Crippen molar-refractivity contribution in [2.75, 3.05) is 12.4 Å². The molecule has 162 valence electrons. The molecule has 3 aromatic heterocycles. The van der Waals surface area contributed by atoms with Crippen LogP contribution in [-0.4, -0.2) is 32.6 Å². The zero-order valence-corrected chi connectivity index (χ0v) is 18.1. The Labute approximate surface area is 185 Å². The van der Waals surface area contributed by atoms with Gasteiger partial charge in [-0.1, -0.05) is 6.07 Å². The fourth-order valence-corrected chi connectivity index (χ4v) is 4.18. The number of Topliss-reactive ketones (excluding diaryl/α,β-unsaturated/α-hetero) is 1. The van der Waals surface area contributed by atoms with Crippen molar-refractivity contribution in [3.63, 3.8) is 0 Å². The van der Waals surface area contributed by atoms with Crippen molar-refractivity contribution in [3.8, 4) is 11.7 Å². The van der Waals surface area contributed by atoms with E-state index in [1.165, 1.54) is 0 Å². The quantitative estimate of drug-likeness (QED) is 0.498. The van der Waals surface area contributed by atoms with E-state index in [2.05, 4.69) is 15.3 Å². The maximum absolute atomic E-state index is 13.3. The molecule has 5 rings (SSSR count). The van der Waals surface area contributed by atoms with E-state index in [1.807, 2.05) is 56.3 Å². The van der Waals surface area contributed by atoms with Crippen LogP contribution in [-0.2, 0) is 6.42 Å². The number of ether oxygens (including phenoxy) is 1. The van der Waals surface area contributed by atoms with E-state index >= 15 is 0 Å². The van der Waals surface area contributed by atoms with Crippen LogP contribution in [0.25, 0.3) is 5.95 Å². The van der Waals surface area contributed by atoms with Gasteiger partial charge in [-0.15, -0.1) is 5.10 Å². The number of benzene rings is 1. The summed E-state index contributed by atoms with van der Waals surface area (Å²) in [5.41, 5.74) is 3.79. The molecule has 8 heteroatoms. The Morgan fingerprint density at radius 2 is 1.91 bits per heavy atom. The Hall–Kier alpha value is -3.94. The first kappa shape index (κ1) is 20.0. The highest BCUT2D eigenvalue weighted by Gasteiger charge is 2.35. The fourth-order valence-electron chi connectivity index (χ4n) is 4.18. The minimum absolute atomic E-state index is 0.00803. The van der Waals surface area contributed by atoms with Gasteiger partial charge in [-0.2, -0.15) is 0 Å². The highest BCUT2D eigenvalue weighted by Crippen LogP contribution is 2.38. The smallest absolute Gasteiger partial charge is 0.251 e. The van der Waals surface area contributed by atoms with E-state index in [0.29, 0.717) is 35.9 Å². The molecule has 1 aliphatic carbocycles. The van der Waals surface area contributed by atoms with Crippen molar-refractivity contribution in [1.82, 2.24) is 19.7 Å². The van der Waals surface area contributed by atoms with Crippen LogP contribution in [0.3, 0.4) is 0 Å². The minimum atomic E-state index is -0.0592. The van der Waals surface area contributed by atoms with E-state index in [0.717, 1.165) is 28.5 Å². The third kappa shape index (κ3) is 3.64. The third-order valence-electron chi connectivity index (χ3n) is 5.57. The molecule has 1 atom stereocenters. The van der Waals surface area contributed by atoms with Crippen molar-refractivity contribution in [3.05, 3.63) is 77.1 Å². The maximum Gasteiger partial charge on any atom is 0.251 e. The summed E-state index contributed by atoms with van der Waals surface area (Å²) in [6.07, 6.45) is 2.58. The standard InChI is InChI=1S/C24H23N5O3/c1-14-10-15(2)26-24(25-14)29-19-11-16(21-8-5-9-32-21)12-20(30)22(19)23(28-29)27-17-6-4-7-18(13-17)31-3/h4-10,13,16H,11-12H2,1-3H3,(H,27,28). The predicted molar refractivity (Wildman–Crippen MR) is 119 cm³/mol. The first-order chi connectivity index (χ1) is 15.5. The number of hydrogen-bond acceptors (Lipinski definition) is 7. The number of methoxy groups -OCH3 is 1. The summed E-state index contributed by atoms with van der Waals surface area (Å²) in [6.45, 7) is 3.83. The molecule has 0 saturated carbocycles.